The quantitative estimate of drug-likeness (QED) is 0.860. The van der Waals surface area contributed by atoms with Crippen molar-refractivity contribution in [3.05, 3.63) is 65.5 Å². The van der Waals surface area contributed by atoms with Gasteiger partial charge in [-0.25, -0.2) is 4.39 Å². The van der Waals surface area contributed by atoms with Gasteiger partial charge in [0.2, 0.25) is 5.91 Å². The van der Waals surface area contributed by atoms with Crippen LogP contribution in [0.1, 0.15) is 11.1 Å². The molecule has 6 nitrogen and oxygen atoms in total. The van der Waals surface area contributed by atoms with Crippen LogP contribution >= 0.6 is 0 Å². The predicted molar refractivity (Wildman–Crippen MR) is 95.9 cm³/mol. The summed E-state index contributed by atoms with van der Waals surface area (Å²) in [4.78, 5) is 13.7. The highest BCUT2D eigenvalue weighted by molar-refractivity contribution is 7.90. The monoisotopic (exact) mass is 375 g/mol. The summed E-state index contributed by atoms with van der Waals surface area (Å²) in [6.07, 6.45) is 0.375. The van der Waals surface area contributed by atoms with Crippen molar-refractivity contribution >= 4 is 21.8 Å². The Morgan fingerprint density at radius 1 is 1.15 bits per heavy atom. The van der Waals surface area contributed by atoms with Gasteiger partial charge in [0.1, 0.15) is 10.7 Å². The third kappa shape index (κ3) is 3.75. The van der Waals surface area contributed by atoms with E-state index in [-0.39, 0.29) is 35.5 Å². The zero-order valence-electron chi connectivity index (χ0n) is 14.1. The molecule has 0 unspecified atom stereocenters. The fraction of sp³-hybridized carbons (Fsp3) is 0.222. The predicted octanol–water partition coefficient (Wildman–Crippen LogP) is 1.57. The van der Waals surface area contributed by atoms with Crippen LogP contribution < -0.4 is 5.32 Å². The second-order valence-corrected chi connectivity index (χ2v) is 7.51. The standard InChI is InChI=1S/C18H18FN3O3S/c1-22(18-14-7-3-5-9-16(14)26(24,25)21-18)12-17(23)20-11-10-13-6-2-4-8-15(13)19/h2-9H,10-12H2,1H3,(H,20,23). The van der Waals surface area contributed by atoms with Gasteiger partial charge in [-0.3, -0.25) is 4.79 Å². The number of nitrogens with zero attached hydrogens (tertiary/aromatic N) is 2. The maximum Gasteiger partial charge on any atom is 0.285 e. The lowest BCUT2D eigenvalue weighted by molar-refractivity contribution is -0.121. The average Bonchev–Trinajstić information content (AvgIpc) is 2.88. The molecular weight excluding hydrogens is 357 g/mol. The van der Waals surface area contributed by atoms with E-state index in [0.717, 1.165) is 0 Å². The summed E-state index contributed by atoms with van der Waals surface area (Å²) in [5.41, 5.74) is 1.01. The van der Waals surface area contributed by atoms with E-state index in [4.69, 9.17) is 0 Å². The molecular formula is C18H18FN3O3S. The molecule has 0 spiro atoms. The molecule has 8 heteroatoms. The fourth-order valence-corrected chi connectivity index (χ4v) is 4.00. The van der Waals surface area contributed by atoms with Crippen LogP contribution in [0.5, 0.6) is 0 Å². The molecule has 26 heavy (non-hydrogen) atoms. The number of carbonyl (C=O) groups excluding carboxylic acids is 1. The molecule has 2 aromatic rings. The van der Waals surface area contributed by atoms with Gasteiger partial charge in [-0.1, -0.05) is 30.3 Å². The molecule has 2 aromatic carbocycles. The van der Waals surface area contributed by atoms with Crippen molar-refractivity contribution in [3.63, 3.8) is 0 Å². The molecule has 0 fully saturated rings. The van der Waals surface area contributed by atoms with Crippen molar-refractivity contribution in [3.8, 4) is 0 Å². The number of benzene rings is 2. The Balaban J connectivity index is 1.59. The minimum atomic E-state index is -3.72. The summed E-state index contributed by atoms with van der Waals surface area (Å²) >= 11 is 0. The number of hydrogen-bond donors (Lipinski definition) is 1. The molecule has 0 aromatic heterocycles. The molecule has 1 aliphatic rings. The second kappa shape index (κ2) is 7.25. The maximum atomic E-state index is 13.5. The molecule has 0 saturated carbocycles. The van der Waals surface area contributed by atoms with E-state index in [1.807, 2.05) is 0 Å². The van der Waals surface area contributed by atoms with E-state index >= 15 is 0 Å². The fourth-order valence-electron chi connectivity index (χ4n) is 2.75. The maximum absolute atomic E-state index is 13.5. The van der Waals surface area contributed by atoms with Crippen LogP contribution in [0.3, 0.4) is 0 Å². The lowest BCUT2D eigenvalue weighted by atomic mass is 10.1. The van der Waals surface area contributed by atoms with Crippen molar-refractivity contribution in [2.24, 2.45) is 4.40 Å². The Labute approximate surface area is 151 Å². The normalized spacial score (nSPS) is 14.5. The van der Waals surface area contributed by atoms with Crippen LogP contribution in [-0.4, -0.2) is 45.2 Å². The topological polar surface area (TPSA) is 78.8 Å². The Morgan fingerprint density at radius 3 is 2.62 bits per heavy atom. The highest BCUT2D eigenvalue weighted by atomic mass is 32.2. The van der Waals surface area contributed by atoms with Crippen LogP contribution in [0.4, 0.5) is 4.39 Å². The molecule has 1 amide bonds. The van der Waals surface area contributed by atoms with Crippen LogP contribution in [0.15, 0.2) is 57.8 Å². The highest BCUT2D eigenvalue weighted by Gasteiger charge is 2.30. The Hall–Kier alpha value is -2.74. The van der Waals surface area contributed by atoms with E-state index < -0.39 is 10.0 Å². The number of carbonyl (C=O) groups is 1. The SMILES string of the molecule is CN(CC(=O)NCCc1ccccc1F)C1=NS(=O)(=O)c2ccccc21. The second-order valence-electron chi connectivity index (χ2n) is 5.93. The number of likely N-dealkylation sites (N-methyl/N-ethyl adjacent to an activating group) is 1. The lowest BCUT2D eigenvalue weighted by Crippen LogP contribution is -2.39. The number of fused-ring (bicyclic) bond motifs is 1. The van der Waals surface area contributed by atoms with Crippen LogP contribution in [0.25, 0.3) is 0 Å². The number of nitrogens with one attached hydrogen (secondary N) is 1. The van der Waals surface area contributed by atoms with Gasteiger partial charge in [0, 0.05) is 19.2 Å². The van der Waals surface area contributed by atoms with Gasteiger partial charge in [0.05, 0.1) is 6.54 Å². The van der Waals surface area contributed by atoms with E-state index in [2.05, 4.69) is 9.71 Å². The average molecular weight is 375 g/mol. The zero-order valence-corrected chi connectivity index (χ0v) is 15.0. The van der Waals surface area contributed by atoms with E-state index in [9.17, 15) is 17.6 Å². The molecule has 0 saturated heterocycles. The van der Waals surface area contributed by atoms with E-state index in [1.54, 1.807) is 43.4 Å². The highest BCUT2D eigenvalue weighted by Crippen LogP contribution is 2.26. The number of amides is 1. The van der Waals surface area contributed by atoms with Crippen LogP contribution in [0, 0.1) is 5.82 Å². The van der Waals surface area contributed by atoms with Gasteiger partial charge in [-0.05, 0) is 30.2 Å². The molecule has 0 bridgehead atoms. The molecule has 3 rings (SSSR count). The summed E-state index contributed by atoms with van der Waals surface area (Å²) in [5.74, 6) is -0.362. The largest absolute Gasteiger partial charge is 0.354 e. The number of hydrogen-bond acceptors (Lipinski definition) is 4. The van der Waals surface area contributed by atoms with Gasteiger partial charge in [-0.2, -0.15) is 8.42 Å². The van der Waals surface area contributed by atoms with Gasteiger partial charge < -0.3 is 10.2 Å². The van der Waals surface area contributed by atoms with E-state index in [1.165, 1.54) is 17.0 Å². The zero-order chi connectivity index (χ0) is 18.7. The molecule has 0 atom stereocenters. The molecule has 0 aliphatic carbocycles. The van der Waals surface area contributed by atoms with Crippen molar-refractivity contribution in [2.45, 2.75) is 11.3 Å². The third-order valence-corrected chi connectivity index (χ3v) is 5.35. The Kier molecular flexibility index (Phi) is 5.03. The molecule has 1 N–H and O–H groups in total. The van der Waals surface area contributed by atoms with Crippen LogP contribution in [0.2, 0.25) is 0 Å². The van der Waals surface area contributed by atoms with Crippen molar-refractivity contribution in [1.82, 2.24) is 10.2 Å². The van der Waals surface area contributed by atoms with Crippen LogP contribution in [-0.2, 0) is 21.2 Å². The number of amidine groups is 1. The summed E-state index contributed by atoms with van der Waals surface area (Å²) in [6.45, 7) is 0.231. The van der Waals surface area contributed by atoms with E-state index in [0.29, 0.717) is 17.5 Å². The summed E-state index contributed by atoms with van der Waals surface area (Å²) in [6, 6.07) is 12.9. The molecule has 0 radical (unpaired) electrons. The number of sulfonamides is 1. The minimum absolute atomic E-state index is 0.0556. The first-order chi connectivity index (χ1) is 12.4. The third-order valence-electron chi connectivity index (χ3n) is 4.03. The Morgan fingerprint density at radius 2 is 1.85 bits per heavy atom. The smallest absolute Gasteiger partial charge is 0.285 e. The molecule has 136 valence electrons. The molecule has 1 aliphatic heterocycles. The van der Waals surface area contributed by atoms with Crippen molar-refractivity contribution < 1.29 is 17.6 Å². The summed E-state index contributed by atoms with van der Waals surface area (Å²) in [5, 5.41) is 2.71. The minimum Gasteiger partial charge on any atom is -0.354 e. The van der Waals surface area contributed by atoms with Gasteiger partial charge in [0.15, 0.2) is 5.84 Å². The van der Waals surface area contributed by atoms with Gasteiger partial charge in [-0.15, -0.1) is 4.40 Å². The first kappa shape index (κ1) is 18.1. The first-order valence-corrected chi connectivity index (χ1v) is 9.48. The number of rotatable bonds is 5. The van der Waals surface area contributed by atoms with Gasteiger partial charge in [0.25, 0.3) is 10.0 Å². The van der Waals surface area contributed by atoms with Crippen molar-refractivity contribution in [2.75, 3.05) is 20.1 Å². The molecule has 1 heterocycles. The number of halogens is 1. The Bertz CT molecular complexity index is 973. The van der Waals surface area contributed by atoms with Crippen molar-refractivity contribution in [1.29, 1.82) is 0 Å². The summed E-state index contributed by atoms with van der Waals surface area (Å²) in [7, 11) is -2.12. The first-order valence-electron chi connectivity index (χ1n) is 8.04. The van der Waals surface area contributed by atoms with Gasteiger partial charge >= 0.3 is 0 Å². The summed E-state index contributed by atoms with van der Waals surface area (Å²) < 4.78 is 41.4. The lowest BCUT2D eigenvalue weighted by Gasteiger charge is -2.18.